The molecule has 2 aromatic rings. The molecule has 0 saturated heterocycles. The first-order valence-electron chi connectivity index (χ1n) is 9.89. The van der Waals surface area contributed by atoms with Crippen LogP contribution in [0.4, 0.5) is 0 Å². The molecule has 3 rings (SSSR count). The van der Waals surface area contributed by atoms with Crippen molar-refractivity contribution in [3.63, 3.8) is 0 Å². The van der Waals surface area contributed by atoms with Crippen molar-refractivity contribution in [2.24, 2.45) is 5.92 Å². The number of nitrogens with zero attached hydrogens (tertiary/aromatic N) is 3. The van der Waals surface area contributed by atoms with Gasteiger partial charge in [-0.2, -0.15) is 4.98 Å². The summed E-state index contributed by atoms with van der Waals surface area (Å²) >= 11 is 0. The van der Waals surface area contributed by atoms with E-state index >= 15 is 0 Å². The Kier molecular flexibility index (Phi) is 7.33. The van der Waals surface area contributed by atoms with Gasteiger partial charge in [-0.1, -0.05) is 50.1 Å². The van der Waals surface area contributed by atoms with Crippen LogP contribution in [0.5, 0.6) is 0 Å². The quantitative estimate of drug-likeness (QED) is 0.513. The lowest BCUT2D eigenvalue weighted by atomic mass is 9.84. The maximum atomic E-state index is 11.7. The zero-order chi connectivity index (χ0) is 18.9. The first-order chi connectivity index (χ1) is 13.2. The van der Waals surface area contributed by atoms with Gasteiger partial charge in [-0.15, -0.1) is 0 Å². The van der Waals surface area contributed by atoms with E-state index < -0.39 is 5.91 Å². The predicted molar refractivity (Wildman–Crippen MR) is 99.1 cm³/mol. The molecule has 2 heterocycles. The second-order valence-corrected chi connectivity index (χ2v) is 7.45. The highest BCUT2D eigenvalue weighted by atomic mass is 16.5. The molecule has 1 amide bonds. The van der Waals surface area contributed by atoms with E-state index in [1.165, 1.54) is 38.5 Å². The lowest BCUT2D eigenvalue weighted by Crippen LogP contribution is -2.21. The van der Waals surface area contributed by atoms with Crippen molar-refractivity contribution in [2.45, 2.75) is 70.1 Å². The predicted octanol–water partition coefficient (Wildman–Crippen LogP) is 3.79. The molecule has 1 fully saturated rings. The zero-order valence-corrected chi connectivity index (χ0v) is 15.6. The topological polar surface area (TPSA) is 101 Å². The number of pyridine rings is 1. The molecule has 7 heteroatoms. The second-order valence-electron chi connectivity index (χ2n) is 7.45. The van der Waals surface area contributed by atoms with E-state index in [0.717, 1.165) is 24.3 Å². The van der Waals surface area contributed by atoms with Crippen LogP contribution in [0.2, 0.25) is 0 Å². The molecule has 1 aliphatic rings. The Morgan fingerprint density at radius 1 is 1.26 bits per heavy atom. The molecule has 1 saturated carbocycles. The number of amides is 1. The van der Waals surface area contributed by atoms with Crippen LogP contribution in [-0.2, 0) is 11.2 Å². The van der Waals surface area contributed by atoms with Crippen molar-refractivity contribution in [1.29, 1.82) is 0 Å². The summed E-state index contributed by atoms with van der Waals surface area (Å²) in [6.45, 7) is 0. The first kappa shape index (κ1) is 19.5. The summed E-state index contributed by atoms with van der Waals surface area (Å²) in [6.07, 6.45) is 13.9. The number of rotatable bonds is 9. The van der Waals surface area contributed by atoms with Crippen LogP contribution in [0.3, 0.4) is 0 Å². The molecule has 0 aromatic carbocycles. The standard InChI is InChI=1S/C20H28N4O3/c25-19(23-26)14-17(8-4-7-15-5-2-1-3-6-15)20-22-18(24-27-20)13-16-9-11-21-12-10-16/h9-12,15,17,26H,1-8,13-14H2,(H,23,25)/t17-/m1/s1. The second kappa shape index (κ2) is 10.2. The summed E-state index contributed by atoms with van der Waals surface area (Å²) in [6, 6.07) is 3.83. The minimum Gasteiger partial charge on any atom is -0.339 e. The molecule has 0 spiro atoms. The average Bonchev–Trinajstić information content (AvgIpc) is 3.17. The van der Waals surface area contributed by atoms with Gasteiger partial charge in [0.2, 0.25) is 11.8 Å². The fourth-order valence-corrected chi connectivity index (χ4v) is 3.90. The van der Waals surface area contributed by atoms with Crippen LogP contribution in [0, 0.1) is 5.92 Å². The molecule has 7 nitrogen and oxygen atoms in total. The third kappa shape index (κ3) is 6.13. The summed E-state index contributed by atoms with van der Waals surface area (Å²) in [4.78, 5) is 20.2. The number of carbonyl (C=O) groups is 1. The van der Waals surface area contributed by atoms with E-state index in [0.29, 0.717) is 18.1 Å². The normalized spacial score (nSPS) is 16.2. The van der Waals surface area contributed by atoms with Crippen molar-refractivity contribution in [2.75, 3.05) is 0 Å². The van der Waals surface area contributed by atoms with Gasteiger partial charge in [0.05, 0.1) is 0 Å². The Morgan fingerprint density at radius 2 is 2.04 bits per heavy atom. The van der Waals surface area contributed by atoms with Gasteiger partial charge >= 0.3 is 0 Å². The fourth-order valence-electron chi connectivity index (χ4n) is 3.90. The molecule has 27 heavy (non-hydrogen) atoms. The van der Waals surface area contributed by atoms with Crippen molar-refractivity contribution in [3.05, 3.63) is 41.8 Å². The van der Waals surface area contributed by atoms with Gasteiger partial charge in [-0.3, -0.25) is 15.0 Å². The smallest absolute Gasteiger partial charge is 0.244 e. The molecular formula is C20H28N4O3. The number of hydrogen-bond donors (Lipinski definition) is 2. The number of nitrogens with one attached hydrogen (secondary N) is 1. The maximum absolute atomic E-state index is 11.7. The third-order valence-electron chi connectivity index (χ3n) is 5.39. The van der Waals surface area contributed by atoms with E-state index in [9.17, 15) is 4.79 Å². The van der Waals surface area contributed by atoms with Gasteiger partial charge in [-0.25, -0.2) is 5.48 Å². The van der Waals surface area contributed by atoms with E-state index in [1.54, 1.807) is 17.9 Å². The van der Waals surface area contributed by atoms with E-state index in [2.05, 4.69) is 15.1 Å². The third-order valence-corrected chi connectivity index (χ3v) is 5.39. The summed E-state index contributed by atoms with van der Waals surface area (Å²) in [5.74, 6) is 1.28. The molecule has 2 N–H and O–H groups in total. The number of hydrogen-bond acceptors (Lipinski definition) is 6. The summed E-state index contributed by atoms with van der Waals surface area (Å²) in [7, 11) is 0. The molecule has 2 aromatic heterocycles. The molecular weight excluding hydrogens is 344 g/mol. The van der Waals surface area contributed by atoms with Crippen molar-refractivity contribution >= 4 is 5.91 Å². The van der Waals surface area contributed by atoms with Crippen LogP contribution >= 0.6 is 0 Å². The molecule has 1 atom stereocenters. The molecule has 0 bridgehead atoms. The lowest BCUT2D eigenvalue weighted by molar-refractivity contribution is -0.129. The monoisotopic (exact) mass is 372 g/mol. The Balaban J connectivity index is 1.59. The molecule has 0 radical (unpaired) electrons. The Bertz CT molecular complexity index is 698. The molecule has 0 unspecified atom stereocenters. The summed E-state index contributed by atoms with van der Waals surface area (Å²) in [5.41, 5.74) is 2.77. The van der Waals surface area contributed by atoms with Crippen LogP contribution in [-0.4, -0.2) is 26.2 Å². The van der Waals surface area contributed by atoms with Crippen molar-refractivity contribution < 1.29 is 14.5 Å². The number of aromatic nitrogens is 3. The van der Waals surface area contributed by atoms with Gasteiger partial charge in [-0.05, 0) is 30.0 Å². The average molecular weight is 372 g/mol. The fraction of sp³-hybridized carbons (Fsp3) is 0.600. The Hall–Kier alpha value is -2.28. The number of hydroxylamine groups is 1. The Morgan fingerprint density at radius 3 is 2.78 bits per heavy atom. The largest absolute Gasteiger partial charge is 0.339 e. The van der Waals surface area contributed by atoms with Crippen molar-refractivity contribution in [1.82, 2.24) is 20.6 Å². The van der Waals surface area contributed by atoms with Gasteiger partial charge < -0.3 is 4.52 Å². The van der Waals surface area contributed by atoms with Gasteiger partial charge in [0, 0.05) is 31.2 Å². The van der Waals surface area contributed by atoms with Crippen LogP contribution in [0.25, 0.3) is 0 Å². The van der Waals surface area contributed by atoms with E-state index in [4.69, 9.17) is 9.73 Å². The molecule has 146 valence electrons. The van der Waals surface area contributed by atoms with Gasteiger partial charge in [0.25, 0.3) is 0 Å². The highest BCUT2D eigenvalue weighted by molar-refractivity contribution is 5.75. The first-order valence-corrected chi connectivity index (χ1v) is 9.89. The summed E-state index contributed by atoms with van der Waals surface area (Å²) in [5, 5.41) is 13.0. The van der Waals surface area contributed by atoms with Gasteiger partial charge in [0.1, 0.15) is 0 Å². The number of carbonyl (C=O) groups excluding carboxylic acids is 1. The van der Waals surface area contributed by atoms with Crippen LogP contribution < -0.4 is 5.48 Å². The Labute approximate surface area is 159 Å². The SMILES string of the molecule is O=C(C[C@@H](CCCC1CCCCC1)c1nc(Cc2ccncc2)no1)NO. The molecule has 0 aliphatic heterocycles. The lowest BCUT2D eigenvalue weighted by Gasteiger charge is -2.22. The maximum Gasteiger partial charge on any atom is 0.244 e. The zero-order valence-electron chi connectivity index (χ0n) is 15.6. The minimum absolute atomic E-state index is 0.151. The van der Waals surface area contributed by atoms with Crippen molar-refractivity contribution in [3.8, 4) is 0 Å². The summed E-state index contributed by atoms with van der Waals surface area (Å²) < 4.78 is 5.45. The minimum atomic E-state index is -0.424. The highest BCUT2D eigenvalue weighted by Crippen LogP contribution is 2.31. The molecule has 1 aliphatic carbocycles. The van der Waals surface area contributed by atoms with Gasteiger partial charge in [0.15, 0.2) is 5.82 Å². The van der Waals surface area contributed by atoms with Crippen LogP contribution in [0.15, 0.2) is 29.0 Å². The van der Waals surface area contributed by atoms with E-state index in [-0.39, 0.29) is 12.3 Å². The highest BCUT2D eigenvalue weighted by Gasteiger charge is 2.23. The van der Waals surface area contributed by atoms with E-state index in [1.807, 2.05) is 12.1 Å². The van der Waals surface area contributed by atoms with Crippen LogP contribution in [0.1, 0.15) is 81.0 Å².